The number of hydrogen-bond donors (Lipinski definition) is 1. The lowest BCUT2D eigenvalue weighted by Crippen LogP contribution is -2.49. The lowest BCUT2D eigenvalue weighted by Gasteiger charge is -2.48. The fourth-order valence-electron chi connectivity index (χ4n) is 3.94. The molecule has 0 saturated heterocycles. The van der Waals surface area contributed by atoms with Gasteiger partial charge in [0, 0.05) is 14.9 Å². The van der Waals surface area contributed by atoms with Gasteiger partial charge >= 0.3 is 0 Å². The maximum atomic E-state index is 11.1. The van der Waals surface area contributed by atoms with Crippen LogP contribution >= 0.6 is 27.3 Å². The Morgan fingerprint density at radius 1 is 1.08 bits per heavy atom. The summed E-state index contributed by atoms with van der Waals surface area (Å²) in [6.07, 6.45) is 5.60. The molecule has 1 heterocycles. The molecule has 0 bridgehead atoms. The average Bonchev–Trinajstić information content (AvgIpc) is 3.08. The predicted octanol–water partition coefficient (Wildman–Crippen LogP) is 5.21. The van der Waals surface area contributed by atoms with Gasteiger partial charge in [0.05, 0.1) is 5.60 Å². The molecule has 2 aromatic rings. The molecule has 1 aliphatic carbocycles. The summed E-state index contributed by atoms with van der Waals surface area (Å²) >= 11 is 5.32. The van der Waals surface area contributed by atoms with E-state index in [0.29, 0.717) is 0 Å². The highest BCUT2D eigenvalue weighted by Crippen LogP contribution is 2.46. The van der Waals surface area contributed by atoms with Crippen molar-refractivity contribution in [2.24, 2.45) is 0 Å². The van der Waals surface area contributed by atoms with Gasteiger partial charge in [-0.3, -0.25) is 4.90 Å². The Hall–Kier alpha value is -0.680. The Morgan fingerprint density at radius 3 is 2.29 bits per heavy atom. The SMILES string of the molecule is CN(C)[C@]1(c2ccc(Br)cc2)CC[C@](O)(CCc2cccs2)CC1. The molecule has 0 radical (unpaired) electrons. The van der Waals surface area contributed by atoms with E-state index in [0.717, 1.165) is 43.0 Å². The van der Waals surface area contributed by atoms with Gasteiger partial charge < -0.3 is 5.11 Å². The van der Waals surface area contributed by atoms with Crippen LogP contribution in [-0.2, 0) is 12.0 Å². The zero-order chi connectivity index (χ0) is 17.2. The number of benzene rings is 1. The van der Waals surface area contributed by atoms with Crippen LogP contribution in [0.25, 0.3) is 0 Å². The van der Waals surface area contributed by atoms with Gasteiger partial charge in [-0.1, -0.05) is 34.1 Å². The zero-order valence-corrected chi connectivity index (χ0v) is 16.9. The molecule has 1 fully saturated rings. The Labute approximate surface area is 157 Å². The molecular formula is C20H26BrNOS. The highest BCUT2D eigenvalue weighted by atomic mass is 79.9. The Balaban J connectivity index is 1.71. The van der Waals surface area contributed by atoms with E-state index in [2.05, 4.69) is 76.7 Å². The number of nitrogens with zero attached hydrogens (tertiary/aromatic N) is 1. The van der Waals surface area contributed by atoms with E-state index in [-0.39, 0.29) is 5.54 Å². The summed E-state index contributed by atoms with van der Waals surface area (Å²) in [5.41, 5.74) is 0.880. The molecule has 1 aromatic heterocycles. The van der Waals surface area contributed by atoms with Crippen molar-refractivity contribution < 1.29 is 5.11 Å². The highest BCUT2D eigenvalue weighted by Gasteiger charge is 2.43. The summed E-state index contributed by atoms with van der Waals surface area (Å²) < 4.78 is 1.11. The van der Waals surface area contributed by atoms with Gasteiger partial charge in [0.2, 0.25) is 0 Å². The van der Waals surface area contributed by atoms with Crippen LogP contribution in [0.15, 0.2) is 46.3 Å². The van der Waals surface area contributed by atoms with Crippen LogP contribution < -0.4 is 0 Å². The van der Waals surface area contributed by atoms with Crippen LogP contribution in [0.3, 0.4) is 0 Å². The first-order valence-corrected chi connectivity index (χ1v) is 10.3. The minimum Gasteiger partial charge on any atom is -0.390 e. The summed E-state index contributed by atoms with van der Waals surface area (Å²) in [5, 5.41) is 13.2. The number of aryl methyl sites for hydroxylation is 1. The van der Waals surface area contributed by atoms with E-state index in [4.69, 9.17) is 0 Å². The Kier molecular flexibility index (Phi) is 5.50. The van der Waals surface area contributed by atoms with Gasteiger partial charge in [-0.2, -0.15) is 0 Å². The average molecular weight is 408 g/mol. The van der Waals surface area contributed by atoms with E-state index in [1.165, 1.54) is 10.4 Å². The van der Waals surface area contributed by atoms with Crippen LogP contribution in [0.4, 0.5) is 0 Å². The topological polar surface area (TPSA) is 23.5 Å². The molecule has 0 atom stereocenters. The fourth-order valence-corrected chi connectivity index (χ4v) is 4.92. The summed E-state index contributed by atoms with van der Waals surface area (Å²) in [7, 11) is 4.33. The summed E-state index contributed by atoms with van der Waals surface area (Å²) in [6.45, 7) is 0. The van der Waals surface area contributed by atoms with Gasteiger partial charge in [0.1, 0.15) is 0 Å². The van der Waals surface area contributed by atoms with Crippen molar-refractivity contribution >= 4 is 27.3 Å². The number of rotatable bonds is 5. The molecule has 130 valence electrons. The van der Waals surface area contributed by atoms with Gasteiger partial charge in [-0.25, -0.2) is 0 Å². The van der Waals surface area contributed by atoms with Crippen molar-refractivity contribution in [2.75, 3.05) is 14.1 Å². The van der Waals surface area contributed by atoms with Gasteiger partial charge in [-0.15, -0.1) is 11.3 Å². The second-order valence-electron chi connectivity index (χ2n) is 7.24. The standard InChI is InChI=1S/C20H26BrNOS/c1-22(2)20(16-5-7-17(21)8-6-16)13-11-19(23,12-14-20)10-9-18-4-3-15-24-18/h3-8,15,23H,9-14H2,1-2H3/t19-,20-. The van der Waals surface area contributed by atoms with Crippen molar-refractivity contribution in [3.63, 3.8) is 0 Å². The number of thiophene rings is 1. The third-order valence-corrected chi connectivity index (χ3v) is 7.13. The molecule has 0 spiro atoms. The molecule has 2 nitrogen and oxygen atoms in total. The molecule has 1 N–H and O–H groups in total. The van der Waals surface area contributed by atoms with Crippen molar-refractivity contribution in [1.82, 2.24) is 4.90 Å². The molecule has 4 heteroatoms. The molecule has 0 amide bonds. The van der Waals surface area contributed by atoms with E-state index in [1.807, 2.05) is 0 Å². The van der Waals surface area contributed by atoms with Crippen LogP contribution in [0.5, 0.6) is 0 Å². The van der Waals surface area contributed by atoms with Crippen molar-refractivity contribution in [2.45, 2.75) is 49.7 Å². The van der Waals surface area contributed by atoms with Crippen LogP contribution in [0.1, 0.15) is 42.5 Å². The quantitative estimate of drug-likeness (QED) is 0.735. The molecule has 1 aromatic carbocycles. The highest BCUT2D eigenvalue weighted by molar-refractivity contribution is 9.10. The molecular weight excluding hydrogens is 382 g/mol. The van der Waals surface area contributed by atoms with Gasteiger partial charge in [0.15, 0.2) is 0 Å². The summed E-state index contributed by atoms with van der Waals surface area (Å²) in [6, 6.07) is 13.0. The first-order chi connectivity index (χ1) is 11.4. The first-order valence-electron chi connectivity index (χ1n) is 8.62. The molecule has 1 saturated carbocycles. The van der Waals surface area contributed by atoms with Crippen LogP contribution in [-0.4, -0.2) is 29.7 Å². The molecule has 24 heavy (non-hydrogen) atoms. The van der Waals surface area contributed by atoms with Crippen molar-refractivity contribution in [3.05, 3.63) is 56.7 Å². The largest absolute Gasteiger partial charge is 0.390 e. The predicted molar refractivity (Wildman–Crippen MR) is 106 cm³/mol. The minimum absolute atomic E-state index is 0.0376. The number of aliphatic hydroxyl groups is 1. The van der Waals surface area contributed by atoms with Crippen LogP contribution in [0.2, 0.25) is 0 Å². The molecule has 0 aliphatic heterocycles. The smallest absolute Gasteiger partial charge is 0.0652 e. The van der Waals surface area contributed by atoms with E-state index in [9.17, 15) is 5.11 Å². The fraction of sp³-hybridized carbons (Fsp3) is 0.500. The normalized spacial score (nSPS) is 27.5. The van der Waals surface area contributed by atoms with E-state index in [1.54, 1.807) is 11.3 Å². The van der Waals surface area contributed by atoms with E-state index < -0.39 is 5.60 Å². The van der Waals surface area contributed by atoms with Crippen LogP contribution in [0, 0.1) is 0 Å². The summed E-state index contributed by atoms with van der Waals surface area (Å²) in [5.74, 6) is 0. The maximum Gasteiger partial charge on any atom is 0.0652 e. The second kappa shape index (κ2) is 7.28. The Morgan fingerprint density at radius 2 is 1.75 bits per heavy atom. The first kappa shape index (κ1) is 18.1. The Bertz CT molecular complexity index is 643. The monoisotopic (exact) mass is 407 g/mol. The summed E-state index contributed by atoms with van der Waals surface area (Å²) in [4.78, 5) is 3.72. The third-order valence-electron chi connectivity index (χ3n) is 5.66. The lowest BCUT2D eigenvalue weighted by atomic mass is 9.69. The maximum absolute atomic E-state index is 11.1. The van der Waals surface area contributed by atoms with E-state index >= 15 is 0 Å². The zero-order valence-electron chi connectivity index (χ0n) is 14.5. The molecule has 1 aliphatic rings. The van der Waals surface area contributed by atoms with Crippen molar-refractivity contribution in [1.29, 1.82) is 0 Å². The number of halogens is 1. The lowest BCUT2D eigenvalue weighted by molar-refractivity contribution is -0.0511. The molecule has 3 rings (SSSR count). The number of hydrogen-bond acceptors (Lipinski definition) is 3. The minimum atomic E-state index is -0.515. The molecule has 0 unspecified atom stereocenters. The third kappa shape index (κ3) is 3.77. The van der Waals surface area contributed by atoms with Gasteiger partial charge in [0.25, 0.3) is 0 Å². The van der Waals surface area contributed by atoms with Crippen molar-refractivity contribution in [3.8, 4) is 0 Å². The second-order valence-corrected chi connectivity index (χ2v) is 9.18. The van der Waals surface area contributed by atoms with Gasteiger partial charge in [-0.05, 0) is 81.8 Å².